The Hall–Kier alpha value is -1.59. The smallest absolute Gasteiger partial charge is 0.240 e. The van der Waals surface area contributed by atoms with Gasteiger partial charge in [0.2, 0.25) is 10.0 Å². The van der Waals surface area contributed by atoms with Crippen LogP contribution < -0.4 is 10.0 Å². The molecule has 0 atom stereocenters. The number of rotatable bonds is 6. The van der Waals surface area contributed by atoms with Gasteiger partial charge in [-0.3, -0.25) is 4.99 Å². The van der Waals surface area contributed by atoms with E-state index < -0.39 is 10.0 Å². The van der Waals surface area contributed by atoms with Crippen LogP contribution in [-0.2, 0) is 30.2 Å². The van der Waals surface area contributed by atoms with E-state index in [2.05, 4.69) is 25.7 Å². The Morgan fingerprint density at radius 1 is 1.27 bits per heavy atom. The van der Waals surface area contributed by atoms with E-state index in [0.717, 1.165) is 18.1 Å². The van der Waals surface area contributed by atoms with Crippen LogP contribution in [0.25, 0.3) is 0 Å². The summed E-state index contributed by atoms with van der Waals surface area (Å²) in [7, 11) is 3.66. The minimum Gasteiger partial charge on any atom is -0.353 e. The van der Waals surface area contributed by atoms with Gasteiger partial charge in [0.05, 0.1) is 11.4 Å². The van der Waals surface area contributed by atoms with Crippen LogP contribution in [0.5, 0.6) is 0 Å². The zero-order valence-electron chi connectivity index (χ0n) is 15.4. The van der Waals surface area contributed by atoms with Crippen LogP contribution in [0.15, 0.2) is 52.5 Å². The Labute approximate surface area is 172 Å². The molecule has 0 fully saturated rings. The number of aryl methyl sites for hydroxylation is 1. The van der Waals surface area contributed by atoms with Crippen LogP contribution in [-0.4, -0.2) is 45.0 Å². The molecule has 144 valence electrons. The molecule has 1 aromatic carbocycles. The highest BCUT2D eigenvalue weighted by Crippen LogP contribution is 2.11. The fourth-order valence-electron chi connectivity index (χ4n) is 2.48. The van der Waals surface area contributed by atoms with Gasteiger partial charge in [0.1, 0.15) is 0 Å². The lowest BCUT2D eigenvalue weighted by Gasteiger charge is -2.22. The van der Waals surface area contributed by atoms with Crippen molar-refractivity contribution in [1.82, 2.24) is 19.5 Å². The summed E-state index contributed by atoms with van der Waals surface area (Å²) < 4.78 is 28.2. The van der Waals surface area contributed by atoms with Gasteiger partial charge in [-0.1, -0.05) is 12.1 Å². The number of aliphatic imine (C=N–C) groups is 1. The van der Waals surface area contributed by atoms with Crippen molar-refractivity contribution in [3.05, 3.63) is 53.9 Å². The van der Waals surface area contributed by atoms with Crippen molar-refractivity contribution in [2.75, 3.05) is 21.1 Å². The van der Waals surface area contributed by atoms with Gasteiger partial charge >= 0.3 is 0 Å². The Morgan fingerprint density at radius 2 is 2.00 bits per heavy atom. The zero-order chi connectivity index (χ0) is 18.4. The largest absolute Gasteiger partial charge is 0.353 e. The van der Waals surface area contributed by atoms with Gasteiger partial charge in [0, 0.05) is 39.6 Å². The van der Waals surface area contributed by atoms with Crippen LogP contribution in [0.3, 0.4) is 0 Å². The second-order valence-electron chi connectivity index (χ2n) is 5.72. The normalized spacial score (nSPS) is 11.8. The van der Waals surface area contributed by atoms with Crippen molar-refractivity contribution in [3.8, 4) is 0 Å². The van der Waals surface area contributed by atoms with Gasteiger partial charge in [-0.05, 0) is 36.9 Å². The average Bonchev–Trinajstić information content (AvgIpc) is 3.00. The van der Waals surface area contributed by atoms with E-state index in [1.807, 2.05) is 37.3 Å². The third-order valence-corrected chi connectivity index (χ3v) is 5.36. The maximum absolute atomic E-state index is 11.9. The molecule has 1 aromatic heterocycles. The number of hydrogen-bond donors (Lipinski definition) is 2. The number of nitrogens with one attached hydrogen (secondary N) is 2. The molecule has 9 heteroatoms. The highest BCUT2D eigenvalue weighted by Gasteiger charge is 2.12. The molecule has 2 N–H and O–H groups in total. The molecular weight excluding hydrogens is 465 g/mol. The minimum atomic E-state index is -3.44. The second-order valence-corrected chi connectivity index (χ2v) is 7.61. The SMILES string of the molecule is CN=C(NCc1cccc(S(=O)(=O)NC)c1)N(C)Cc1cccn1C.I. The first kappa shape index (κ1) is 22.5. The fraction of sp³-hybridized carbons (Fsp3) is 0.353. The molecule has 0 aliphatic carbocycles. The molecular formula is C17H26IN5O2S. The van der Waals surface area contributed by atoms with Gasteiger partial charge in [0.15, 0.2) is 5.96 Å². The summed E-state index contributed by atoms with van der Waals surface area (Å²) >= 11 is 0. The standard InChI is InChI=1S/C17H25N5O2S.HI/c1-18-17(22(4)13-15-8-6-10-21(15)3)20-12-14-7-5-9-16(11-14)25(23,24)19-2;/h5-11,19H,12-13H2,1-4H3,(H,18,20);1H. The molecule has 26 heavy (non-hydrogen) atoms. The number of sulfonamides is 1. The lowest BCUT2D eigenvalue weighted by atomic mass is 10.2. The molecule has 0 aliphatic heterocycles. The second kappa shape index (κ2) is 9.93. The number of nitrogens with zero attached hydrogens (tertiary/aromatic N) is 3. The lowest BCUT2D eigenvalue weighted by molar-refractivity contribution is 0.461. The fourth-order valence-corrected chi connectivity index (χ4v) is 3.28. The van der Waals surface area contributed by atoms with Crippen molar-refractivity contribution in [2.24, 2.45) is 12.0 Å². The Morgan fingerprint density at radius 3 is 2.58 bits per heavy atom. The average molecular weight is 491 g/mol. The molecule has 1 heterocycles. The molecule has 2 rings (SSSR count). The number of aromatic nitrogens is 1. The molecule has 7 nitrogen and oxygen atoms in total. The van der Waals surface area contributed by atoms with E-state index in [1.54, 1.807) is 25.2 Å². The van der Waals surface area contributed by atoms with E-state index in [9.17, 15) is 8.42 Å². The quantitative estimate of drug-likeness (QED) is 0.367. The summed E-state index contributed by atoms with van der Waals surface area (Å²) in [5, 5.41) is 3.27. The van der Waals surface area contributed by atoms with Gasteiger partial charge in [-0.2, -0.15) is 0 Å². The topological polar surface area (TPSA) is 78.7 Å². The maximum atomic E-state index is 11.9. The molecule has 0 amide bonds. The monoisotopic (exact) mass is 491 g/mol. The number of benzene rings is 1. The molecule has 0 saturated heterocycles. The maximum Gasteiger partial charge on any atom is 0.240 e. The van der Waals surface area contributed by atoms with Crippen molar-refractivity contribution >= 4 is 40.0 Å². The zero-order valence-corrected chi connectivity index (χ0v) is 18.6. The summed E-state index contributed by atoms with van der Waals surface area (Å²) in [6.07, 6.45) is 2.01. The van der Waals surface area contributed by atoms with Crippen LogP contribution >= 0.6 is 24.0 Å². The van der Waals surface area contributed by atoms with E-state index in [-0.39, 0.29) is 28.9 Å². The first-order chi connectivity index (χ1) is 11.9. The molecule has 0 radical (unpaired) electrons. The summed E-state index contributed by atoms with van der Waals surface area (Å²) in [5.41, 5.74) is 2.04. The number of hydrogen-bond acceptors (Lipinski definition) is 3. The Balaban J connectivity index is 0.00000338. The predicted octanol–water partition coefficient (Wildman–Crippen LogP) is 1.76. The molecule has 0 aliphatic rings. The van der Waals surface area contributed by atoms with E-state index in [1.165, 1.54) is 12.7 Å². The molecule has 0 unspecified atom stereocenters. The van der Waals surface area contributed by atoms with Gasteiger partial charge in [-0.15, -0.1) is 24.0 Å². The van der Waals surface area contributed by atoms with E-state index in [0.29, 0.717) is 6.54 Å². The van der Waals surface area contributed by atoms with Crippen molar-refractivity contribution in [2.45, 2.75) is 18.0 Å². The first-order valence-electron chi connectivity index (χ1n) is 7.92. The Kier molecular flexibility index (Phi) is 8.57. The molecule has 2 aromatic rings. The molecule has 0 spiro atoms. The van der Waals surface area contributed by atoms with Crippen LogP contribution in [0.1, 0.15) is 11.3 Å². The van der Waals surface area contributed by atoms with Gasteiger partial charge in [0.25, 0.3) is 0 Å². The van der Waals surface area contributed by atoms with Gasteiger partial charge < -0.3 is 14.8 Å². The summed E-state index contributed by atoms with van der Waals surface area (Å²) in [6.45, 7) is 1.20. The lowest BCUT2D eigenvalue weighted by Crippen LogP contribution is -2.38. The first-order valence-corrected chi connectivity index (χ1v) is 9.40. The molecule has 0 bridgehead atoms. The predicted molar refractivity (Wildman–Crippen MR) is 115 cm³/mol. The summed E-state index contributed by atoms with van der Waals surface area (Å²) in [5.74, 6) is 0.739. The van der Waals surface area contributed by atoms with Crippen LogP contribution in [0.4, 0.5) is 0 Å². The van der Waals surface area contributed by atoms with Crippen molar-refractivity contribution in [1.29, 1.82) is 0 Å². The van der Waals surface area contributed by atoms with Crippen LogP contribution in [0.2, 0.25) is 0 Å². The van der Waals surface area contributed by atoms with E-state index in [4.69, 9.17) is 0 Å². The van der Waals surface area contributed by atoms with Crippen molar-refractivity contribution < 1.29 is 8.42 Å². The van der Waals surface area contributed by atoms with E-state index >= 15 is 0 Å². The summed E-state index contributed by atoms with van der Waals surface area (Å²) in [4.78, 5) is 6.56. The number of guanidine groups is 1. The Bertz CT molecular complexity index is 848. The molecule has 0 saturated carbocycles. The minimum absolute atomic E-state index is 0. The van der Waals surface area contributed by atoms with Crippen molar-refractivity contribution in [3.63, 3.8) is 0 Å². The highest BCUT2D eigenvalue weighted by molar-refractivity contribution is 14.0. The summed E-state index contributed by atoms with van der Waals surface area (Å²) in [6, 6.07) is 10.9. The van der Waals surface area contributed by atoms with Crippen LogP contribution in [0, 0.1) is 0 Å². The third kappa shape index (κ3) is 5.71. The van der Waals surface area contributed by atoms with Gasteiger partial charge in [-0.25, -0.2) is 13.1 Å². The third-order valence-electron chi connectivity index (χ3n) is 3.95. The number of halogens is 1. The highest BCUT2D eigenvalue weighted by atomic mass is 127.